The number of carbonyl (C=O) groups is 1. The van der Waals surface area contributed by atoms with Crippen molar-refractivity contribution in [3.8, 4) is 10.6 Å². The molecule has 0 spiro atoms. The van der Waals surface area contributed by atoms with Gasteiger partial charge in [-0.3, -0.25) is 10.1 Å². The highest BCUT2D eigenvalue weighted by Gasteiger charge is 2.34. The van der Waals surface area contributed by atoms with Crippen molar-refractivity contribution < 1.29 is 26.4 Å². The van der Waals surface area contributed by atoms with Gasteiger partial charge in [0.05, 0.1) is 10.5 Å². The molecule has 2 atom stereocenters. The second kappa shape index (κ2) is 10.2. The minimum atomic E-state index is -4.70. The van der Waals surface area contributed by atoms with E-state index in [1.807, 2.05) is 31.2 Å². The number of halogens is 3. The third kappa shape index (κ3) is 6.19. The molecule has 0 aliphatic carbocycles. The average Bonchev–Trinajstić information content (AvgIpc) is 3.25. The predicted octanol–water partition coefficient (Wildman–Crippen LogP) is 4.86. The van der Waals surface area contributed by atoms with Crippen LogP contribution in [0.15, 0.2) is 53.4 Å². The van der Waals surface area contributed by atoms with Gasteiger partial charge in [0, 0.05) is 5.56 Å². The van der Waals surface area contributed by atoms with Crippen LogP contribution in [0.4, 0.5) is 18.3 Å². The SMILES string of the molecule is CC[C@@H](C)[C@@H](NS(=O)(=O)c1cccc(C(F)(F)F)c1)C(=O)Nc1nnc(-c2cccc(C)c2)s1. The molecule has 1 heterocycles. The quantitative estimate of drug-likeness (QED) is 0.449. The Kier molecular flexibility index (Phi) is 7.74. The van der Waals surface area contributed by atoms with Gasteiger partial charge >= 0.3 is 6.18 Å². The van der Waals surface area contributed by atoms with Gasteiger partial charge in [-0.15, -0.1) is 10.2 Å². The number of benzene rings is 2. The lowest BCUT2D eigenvalue weighted by molar-refractivity contribution is -0.137. The van der Waals surface area contributed by atoms with Crippen LogP contribution in [-0.2, 0) is 21.0 Å². The molecule has 0 aliphatic heterocycles. The minimum absolute atomic E-state index is 0.174. The van der Waals surface area contributed by atoms with Crippen molar-refractivity contribution in [1.82, 2.24) is 14.9 Å². The minimum Gasteiger partial charge on any atom is -0.299 e. The van der Waals surface area contributed by atoms with E-state index in [9.17, 15) is 26.4 Å². The summed E-state index contributed by atoms with van der Waals surface area (Å²) < 4.78 is 67.0. The van der Waals surface area contributed by atoms with Gasteiger partial charge in [0.15, 0.2) is 0 Å². The summed E-state index contributed by atoms with van der Waals surface area (Å²) in [5.41, 5.74) is 0.748. The van der Waals surface area contributed by atoms with Crippen LogP contribution in [0.3, 0.4) is 0 Å². The number of alkyl halides is 3. The standard InChI is InChI=1S/C22H23F3N4O3S2/c1-4-14(3)18(29-34(31,32)17-10-6-9-16(12-17)22(23,24)25)19(30)26-21-28-27-20(33-21)15-8-5-7-13(2)11-15/h5-12,14,18,29H,4H2,1-3H3,(H,26,28,30)/t14-,18-/m1/s1. The van der Waals surface area contributed by atoms with Crippen molar-refractivity contribution in [2.75, 3.05) is 5.32 Å². The molecule has 0 unspecified atom stereocenters. The van der Waals surface area contributed by atoms with E-state index < -0.39 is 44.5 Å². The largest absolute Gasteiger partial charge is 0.416 e. The Balaban J connectivity index is 1.82. The van der Waals surface area contributed by atoms with Crippen molar-refractivity contribution in [2.24, 2.45) is 5.92 Å². The molecule has 3 aromatic rings. The number of nitrogens with zero attached hydrogens (tertiary/aromatic N) is 2. The molecular formula is C22H23F3N4O3S2. The highest BCUT2D eigenvalue weighted by Crippen LogP contribution is 2.31. The number of nitrogens with one attached hydrogen (secondary N) is 2. The zero-order chi connectivity index (χ0) is 25.1. The number of amides is 1. The van der Waals surface area contributed by atoms with Gasteiger partial charge < -0.3 is 0 Å². The van der Waals surface area contributed by atoms with E-state index in [2.05, 4.69) is 20.2 Å². The van der Waals surface area contributed by atoms with Crippen molar-refractivity contribution >= 4 is 32.4 Å². The monoisotopic (exact) mass is 512 g/mol. The average molecular weight is 513 g/mol. The third-order valence-electron chi connectivity index (χ3n) is 5.17. The summed E-state index contributed by atoms with van der Waals surface area (Å²) in [6.45, 7) is 5.36. The van der Waals surface area contributed by atoms with Gasteiger partial charge in [-0.05, 0) is 37.1 Å². The van der Waals surface area contributed by atoms with Crippen LogP contribution in [0.2, 0.25) is 0 Å². The number of hydrogen-bond acceptors (Lipinski definition) is 6. The molecule has 0 bridgehead atoms. The topological polar surface area (TPSA) is 101 Å². The fourth-order valence-corrected chi connectivity index (χ4v) is 5.18. The van der Waals surface area contributed by atoms with Gasteiger partial charge in [-0.2, -0.15) is 17.9 Å². The molecule has 182 valence electrons. The molecule has 12 heteroatoms. The van der Waals surface area contributed by atoms with Crippen LogP contribution in [0.25, 0.3) is 10.6 Å². The Hall–Kier alpha value is -2.83. The first-order chi connectivity index (χ1) is 15.9. The van der Waals surface area contributed by atoms with Crippen molar-refractivity contribution in [1.29, 1.82) is 0 Å². The van der Waals surface area contributed by atoms with E-state index in [1.165, 1.54) is 0 Å². The highest BCUT2D eigenvalue weighted by molar-refractivity contribution is 7.89. The maximum absolute atomic E-state index is 13.0. The third-order valence-corrected chi connectivity index (χ3v) is 7.50. The Labute approximate surface area is 199 Å². The lowest BCUT2D eigenvalue weighted by Gasteiger charge is -2.23. The van der Waals surface area contributed by atoms with Crippen molar-refractivity contribution in [2.45, 2.75) is 44.3 Å². The molecule has 1 aromatic heterocycles. The molecular weight excluding hydrogens is 489 g/mol. The van der Waals surface area contributed by atoms with Crippen molar-refractivity contribution in [3.05, 3.63) is 59.7 Å². The number of hydrogen-bond donors (Lipinski definition) is 2. The number of aryl methyl sites for hydroxylation is 1. The summed E-state index contributed by atoms with van der Waals surface area (Å²) in [4.78, 5) is 12.4. The van der Waals surface area contributed by atoms with Gasteiger partial charge in [0.2, 0.25) is 21.1 Å². The van der Waals surface area contributed by atoms with Crippen molar-refractivity contribution in [3.63, 3.8) is 0 Å². The van der Waals surface area contributed by atoms with Crippen LogP contribution in [0, 0.1) is 12.8 Å². The molecule has 2 aromatic carbocycles. The van der Waals surface area contributed by atoms with Crippen LogP contribution < -0.4 is 10.0 Å². The van der Waals surface area contributed by atoms with Gasteiger partial charge in [0.25, 0.3) is 0 Å². The molecule has 0 saturated heterocycles. The normalized spacial score (nSPS) is 13.9. The molecule has 7 nitrogen and oxygen atoms in total. The summed E-state index contributed by atoms with van der Waals surface area (Å²) in [7, 11) is -4.42. The van der Waals surface area contributed by atoms with Crippen LogP contribution in [0.1, 0.15) is 31.4 Å². The van der Waals surface area contributed by atoms with E-state index in [0.29, 0.717) is 17.5 Å². The van der Waals surface area contributed by atoms with Gasteiger partial charge in [-0.1, -0.05) is 61.4 Å². The summed E-state index contributed by atoms with van der Waals surface area (Å²) in [5, 5.41) is 11.3. The maximum Gasteiger partial charge on any atom is 0.416 e. The fraction of sp³-hybridized carbons (Fsp3) is 0.318. The second-order valence-electron chi connectivity index (χ2n) is 7.78. The number of sulfonamides is 1. The molecule has 34 heavy (non-hydrogen) atoms. The number of aromatic nitrogens is 2. The zero-order valence-electron chi connectivity index (χ0n) is 18.6. The first kappa shape index (κ1) is 25.8. The predicted molar refractivity (Wildman–Crippen MR) is 124 cm³/mol. The van der Waals surface area contributed by atoms with E-state index in [-0.39, 0.29) is 5.13 Å². The number of anilines is 1. The van der Waals surface area contributed by atoms with Crippen LogP contribution in [-0.4, -0.2) is 30.6 Å². The second-order valence-corrected chi connectivity index (χ2v) is 10.5. The molecule has 2 N–H and O–H groups in total. The molecule has 1 amide bonds. The summed E-state index contributed by atoms with van der Waals surface area (Å²) >= 11 is 1.12. The first-order valence-electron chi connectivity index (χ1n) is 10.3. The van der Waals surface area contributed by atoms with Gasteiger partial charge in [0.1, 0.15) is 11.0 Å². The Morgan fingerprint density at radius 1 is 1.12 bits per heavy atom. The number of carbonyl (C=O) groups excluding carboxylic acids is 1. The maximum atomic E-state index is 13.0. The number of rotatable bonds is 8. The van der Waals surface area contributed by atoms with E-state index in [4.69, 9.17) is 0 Å². The molecule has 0 saturated carbocycles. The van der Waals surface area contributed by atoms with Crippen LogP contribution >= 0.6 is 11.3 Å². The van der Waals surface area contributed by atoms with E-state index in [1.54, 1.807) is 13.8 Å². The Bertz CT molecular complexity index is 1280. The fourth-order valence-electron chi connectivity index (χ4n) is 3.09. The molecule has 0 fully saturated rings. The zero-order valence-corrected chi connectivity index (χ0v) is 20.2. The Morgan fingerprint density at radius 3 is 2.47 bits per heavy atom. The molecule has 0 aliphatic rings. The van der Waals surface area contributed by atoms with Crippen LogP contribution in [0.5, 0.6) is 0 Å². The molecule has 3 rings (SSSR count). The smallest absolute Gasteiger partial charge is 0.299 e. The molecule has 0 radical (unpaired) electrons. The highest BCUT2D eigenvalue weighted by atomic mass is 32.2. The Morgan fingerprint density at radius 2 is 1.82 bits per heavy atom. The lowest BCUT2D eigenvalue weighted by Crippen LogP contribution is -2.47. The van der Waals surface area contributed by atoms with E-state index in [0.717, 1.165) is 40.7 Å². The lowest BCUT2D eigenvalue weighted by atomic mass is 9.99. The van der Waals surface area contributed by atoms with E-state index >= 15 is 0 Å². The first-order valence-corrected chi connectivity index (χ1v) is 12.6. The summed E-state index contributed by atoms with van der Waals surface area (Å²) in [5.74, 6) is -1.14. The summed E-state index contributed by atoms with van der Waals surface area (Å²) in [6.07, 6.45) is -4.26. The van der Waals surface area contributed by atoms with Gasteiger partial charge in [-0.25, -0.2) is 8.42 Å². The summed E-state index contributed by atoms with van der Waals surface area (Å²) in [6, 6.07) is 9.68.